The Hall–Kier alpha value is -2.45. The molecule has 0 amide bonds. The minimum Gasteiger partial charge on any atom is -0.467 e. The van der Waals surface area contributed by atoms with Crippen molar-refractivity contribution < 1.29 is 9.47 Å². The summed E-state index contributed by atoms with van der Waals surface area (Å²) in [5, 5.41) is 10.9. The van der Waals surface area contributed by atoms with Gasteiger partial charge in [0.2, 0.25) is 5.95 Å². The Morgan fingerprint density at radius 2 is 1.84 bits per heavy atom. The highest BCUT2D eigenvalue weighted by Gasteiger charge is 2.08. The van der Waals surface area contributed by atoms with E-state index in [1.807, 2.05) is 11.5 Å². The molecule has 0 bridgehead atoms. The van der Waals surface area contributed by atoms with Crippen LogP contribution in [0.3, 0.4) is 0 Å². The lowest BCUT2D eigenvalue weighted by Crippen LogP contribution is -2.11. The highest BCUT2D eigenvalue weighted by atomic mass is 16.5. The largest absolute Gasteiger partial charge is 0.467 e. The molecule has 0 spiro atoms. The molecular weight excluding hydrogens is 250 g/mol. The van der Waals surface area contributed by atoms with Crippen molar-refractivity contribution in [1.82, 2.24) is 29.7 Å². The van der Waals surface area contributed by atoms with Crippen LogP contribution in [0.25, 0.3) is 0 Å². The Balaban J connectivity index is 2.10. The van der Waals surface area contributed by atoms with Gasteiger partial charge in [0.25, 0.3) is 0 Å². The molecule has 0 saturated heterocycles. The molecule has 2 aromatic heterocycles. The average Bonchev–Trinajstić information content (AvgIpc) is 2.92. The van der Waals surface area contributed by atoms with Crippen LogP contribution in [0.15, 0.2) is 6.33 Å². The van der Waals surface area contributed by atoms with Crippen LogP contribution in [-0.2, 0) is 13.1 Å². The maximum Gasteiger partial charge on any atom is 0.324 e. The maximum atomic E-state index is 4.96. The van der Waals surface area contributed by atoms with Gasteiger partial charge in [-0.1, -0.05) is 0 Å². The van der Waals surface area contributed by atoms with Crippen LogP contribution in [0.1, 0.15) is 12.7 Å². The molecule has 2 aromatic rings. The van der Waals surface area contributed by atoms with Gasteiger partial charge in [0.15, 0.2) is 5.82 Å². The molecule has 9 nitrogen and oxygen atoms in total. The number of methoxy groups -OCH3 is 2. The molecule has 19 heavy (non-hydrogen) atoms. The van der Waals surface area contributed by atoms with Crippen LogP contribution in [0, 0.1) is 0 Å². The van der Waals surface area contributed by atoms with Gasteiger partial charge in [-0.05, 0) is 6.92 Å². The van der Waals surface area contributed by atoms with E-state index in [0.29, 0.717) is 12.5 Å². The fourth-order valence-corrected chi connectivity index (χ4v) is 1.44. The van der Waals surface area contributed by atoms with E-state index >= 15 is 0 Å². The second-order valence-electron chi connectivity index (χ2n) is 3.52. The third-order valence-corrected chi connectivity index (χ3v) is 2.40. The molecule has 0 aliphatic heterocycles. The lowest BCUT2D eigenvalue weighted by Gasteiger charge is -2.07. The number of hydrogen-bond donors (Lipinski definition) is 1. The van der Waals surface area contributed by atoms with Crippen molar-refractivity contribution >= 4 is 5.95 Å². The van der Waals surface area contributed by atoms with Gasteiger partial charge in [0.05, 0.1) is 20.8 Å². The summed E-state index contributed by atoms with van der Waals surface area (Å²) in [6.45, 7) is 3.26. The van der Waals surface area contributed by atoms with E-state index in [9.17, 15) is 0 Å². The average molecular weight is 265 g/mol. The van der Waals surface area contributed by atoms with Crippen LogP contribution in [-0.4, -0.2) is 43.9 Å². The number of aryl methyl sites for hydroxylation is 1. The predicted octanol–water partition coefficient (Wildman–Crippen LogP) is 0.112. The Morgan fingerprint density at radius 1 is 1.16 bits per heavy atom. The van der Waals surface area contributed by atoms with E-state index in [2.05, 4.69) is 30.5 Å². The Morgan fingerprint density at radius 3 is 2.42 bits per heavy atom. The fraction of sp³-hybridized carbons (Fsp3) is 0.500. The standard InChI is InChI=1S/C10H15N7O2/c1-4-17-6-12-16-7(17)5-11-8-13-9(18-2)15-10(14-8)19-3/h6H,4-5H2,1-3H3,(H,11,13,14,15). The number of nitrogens with zero attached hydrogens (tertiary/aromatic N) is 6. The first-order chi connectivity index (χ1) is 9.26. The van der Waals surface area contributed by atoms with Crippen molar-refractivity contribution in [2.45, 2.75) is 20.0 Å². The Bertz CT molecular complexity index is 520. The van der Waals surface area contributed by atoms with Crippen LogP contribution < -0.4 is 14.8 Å². The van der Waals surface area contributed by atoms with E-state index in [-0.39, 0.29) is 12.0 Å². The summed E-state index contributed by atoms with van der Waals surface area (Å²) in [4.78, 5) is 12.0. The predicted molar refractivity (Wildman–Crippen MR) is 66.0 cm³/mol. The summed E-state index contributed by atoms with van der Waals surface area (Å²) in [5.41, 5.74) is 0. The first kappa shape index (κ1) is 13.0. The monoisotopic (exact) mass is 265 g/mol. The lowest BCUT2D eigenvalue weighted by molar-refractivity contribution is 0.341. The first-order valence-electron chi connectivity index (χ1n) is 5.71. The minimum absolute atomic E-state index is 0.186. The van der Waals surface area contributed by atoms with E-state index in [1.54, 1.807) is 6.33 Å². The van der Waals surface area contributed by atoms with Gasteiger partial charge in [-0.2, -0.15) is 9.97 Å². The number of rotatable bonds is 6. The molecule has 0 aromatic carbocycles. The molecule has 0 aliphatic carbocycles. The number of aromatic nitrogens is 6. The molecule has 2 heterocycles. The zero-order chi connectivity index (χ0) is 13.7. The summed E-state index contributed by atoms with van der Waals surface area (Å²) >= 11 is 0. The topological polar surface area (TPSA) is 99.9 Å². The third-order valence-electron chi connectivity index (χ3n) is 2.40. The fourth-order valence-electron chi connectivity index (χ4n) is 1.44. The van der Waals surface area contributed by atoms with Crippen molar-refractivity contribution in [1.29, 1.82) is 0 Å². The molecule has 0 fully saturated rings. The van der Waals surface area contributed by atoms with Crippen molar-refractivity contribution in [3.8, 4) is 12.0 Å². The van der Waals surface area contributed by atoms with E-state index in [1.165, 1.54) is 14.2 Å². The molecule has 102 valence electrons. The van der Waals surface area contributed by atoms with Crippen LogP contribution >= 0.6 is 0 Å². The van der Waals surface area contributed by atoms with Gasteiger partial charge >= 0.3 is 12.0 Å². The van der Waals surface area contributed by atoms with Crippen LogP contribution in [0.4, 0.5) is 5.95 Å². The first-order valence-corrected chi connectivity index (χ1v) is 5.71. The number of nitrogens with one attached hydrogen (secondary N) is 1. The van der Waals surface area contributed by atoms with E-state index in [0.717, 1.165) is 12.4 Å². The van der Waals surface area contributed by atoms with Crippen molar-refractivity contribution in [3.05, 3.63) is 12.2 Å². The van der Waals surface area contributed by atoms with Gasteiger partial charge in [-0.3, -0.25) is 0 Å². The summed E-state index contributed by atoms with van der Waals surface area (Å²) in [6.07, 6.45) is 1.67. The third kappa shape index (κ3) is 3.06. The SMILES string of the molecule is CCn1cnnc1CNc1nc(OC)nc(OC)n1. The smallest absolute Gasteiger partial charge is 0.324 e. The molecule has 0 unspecified atom stereocenters. The number of anilines is 1. The molecule has 0 saturated carbocycles. The summed E-state index contributed by atoms with van der Waals surface area (Å²) in [5.74, 6) is 1.15. The molecule has 0 radical (unpaired) electrons. The quantitative estimate of drug-likeness (QED) is 0.785. The van der Waals surface area contributed by atoms with Crippen molar-refractivity contribution in [3.63, 3.8) is 0 Å². The molecule has 0 atom stereocenters. The number of ether oxygens (including phenoxy) is 2. The minimum atomic E-state index is 0.186. The Labute approximate surface area is 110 Å². The van der Waals surface area contributed by atoms with Crippen molar-refractivity contribution in [2.24, 2.45) is 0 Å². The van der Waals surface area contributed by atoms with Gasteiger partial charge in [-0.15, -0.1) is 15.2 Å². The summed E-state index contributed by atoms with van der Waals surface area (Å²) < 4.78 is 11.8. The van der Waals surface area contributed by atoms with Crippen molar-refractivity contribution in [2.75, 3.05) is 19.5 Å². The summed E-state index contributed by atoms with van der Waals surface area (Å²) in [7, 11) is 2.96. The highest BCUT2D eigenvalue weighted by Crippen LogP contribution is 2.12. The van der Waals surface area contributed by atoms with Crippen LogP contribution in [0.5, 0.6) is 12.0 Å². The summed E-state index contributed by atoms with van der Waals surface area (Å²) in [6, 6.07) is 0.373. The van der Waals surface area contributed by atoms with E-state index < -0.39 is 0 Å². The normalized spacial score (nSPS) is 10.3. The van der Waals surface area contributed by atoms with Gasteiger partial charge in [0.1, 0.15) is 6.33 Å². The zero-order valence-corrected chi connectivity index (χ0v) is 11.0. The Kier molecular flexibility index (Phi) is 4.06. The second kappa shape index (κ2) is 5.94. The number of hydrogen-bond acceptors (Lipinski definition) is 8. The molecule has 0 aliphatic rings. The van der Waals surface area contributed by atoms with Gasteiger partial charge in [-0.25, -0.2) is 0 Å². The molecule has 2 rings (SSSR count). The molecular formula is C10H15N7O2. The maximum absolute atomic E-state index is 4.96. The molecule has 9 heteroatoms. The van der Waals surface area contributed by atoms with Gasteiger partial charge in [0, 0.05) is 6.54 Å². The van der Waals surface area contributed by atoms with Crippen LogP contribution in [0.2, 0.25) is 0 Å². The highest BCUT2D eigenvalue weighted by molar-refractivity contribution is 5.27. The van der Waals surface area contributed by atoms with Gasteiger partial charge < -0.3 is 19.4 Å². The zero-order valence-electron chi connectivity index (χ0n) is 11.0. The molecule has 1 N–H and O–H groups in total. The lowest BCUT2D eigenvalue weighted by atomic mass is 10.5. The van der Waals surface area contributed by atoms with E-state index in [4.69, 9.17) is 9.47 Å². The second-order valence-corrected chi connectivity index (χ2v) is 3.52.